The van der Waals surface area contributed by atoms with Crippen LogP contribution in [0.1, 0.15) is 29.2 Å². The zero-order valence-corrected chi connectivity index (χ0v) is 16.9. The number of rotatable bonds is 7. The molecule has 0 saturated carbocycles. The zero-order chi connectivity index (χ0) is 19.3. The molecule has 0 unspecified atom stereocenters. The van der Waals surface area contributed by atoms with Gasteiger partial charge in [-0.15, -0.1) is 0 Å². The van der Waals surface area contributed by atoms with Gasteiger partial charge in [-0.25, -0.2) is 0 Å². The van der Waals surface area contributed by atoms with Crippen molar-refractivity contribution in [2.24, 2.45) is 0 Å². The second kappa shape index (κ2) is 8.95. The fraction of sp³-hybridized carbons (Fsp3) is 0.478. The summed E-state index contributed by atoms with van der Waals surface area (Å²) in [5.74, 6) is 1.93. The Balaban J connectivity index is 1.40. The van der Waals surface area contributed by atoms with E-state index in [4.69, 9.17) is 14.2 Å². The Bertz CT molecular complexity index is 802. The molecule has 0 radical (unpaired) electrons. The van der Waals surface area contributed by atoms with Crippen LogP contribution in [0, 0.1) is 0 Å². The topological polar surface area (TPSA) is 43.0 Å². The first-order chi connectivity index (χ1) is 13.7. The molecule has 0 aliphatic carbocycles. The fourth-order valence-electron chi connectivity index (χ4n) is 4.03. The number of nitrogens with one attached hydrogen (secondary N) is 1. The van der Waals surface area contributed by atoms with Gasteiger partial charge in [-0.2, -0.15) is 0 Å². The molecular formula is C23H30N2O3. The number of methoxy groups -OCH3 is 1. The van der Waals surface area contributed by atoms with E-state index in [1.54, 1.807) is 7.11 Å². The van der Waals surface area contributed by atoms with E-state index in [1.165, 1.54) is 16.7 Å². The van der Waals surface area contributed by atoms with E-state index in [1.807, 2.05) is 0 Å². The second-order valence-corrected chi connectivity index (χ2v) is 7.67. The van der Waals surface area contributed by atoms with Crippen molar-refractivity contribution in [2.75, 3.05) is 33.4 Å². The Morgan fingerprint density at radius 3 is 2.61 bits per heavy atom. The third-order valence-electron chi connectivity index (χ3n) is 5.55. The van der Waals surface area contributed by atoms with Gasteiger partial charge in [0, 0.05) is 50.3 Å². The maximum absolute atomic E-state index is 5.92. The summed E-state index contributed by atoms with van der Waals surface area (Å²) in [5, 5.41) is 3.59. The van der Waals surface area contributed by atoms with Crippen LogP contribution in [-0.2, 0) is 30.8 Å². The van der Waals surface area contributed by atoms with Gasteiger partial charge in [-0.3, -0.25) is 4.90 Å². The number of benzene rings is 2. The molecule has 0 aromatic heterocycles. The van der Waals surface area contributed by atoms with Crippen molar-refractivity contribution in [3.05, 3.63) is 58.7 Å². The molecule has 1 fully saturated rings. The molecule has 5 nitrogen and oxygen atoms in total. The fourth-order valence-corrected chi connectivity index (χ4v) is 4.03. The summed E-state index contributed by atoms with van der Waals surface area (Å²) >= 11 is 0. The first-order valence-electron chi connectivity index (χ1n) is 10.2. The first-order valence-corrected chi connectivity index (χ1v) is 10.2. The van der Waals surface area contributed by atoms with Crippen LogP contribution in [0.2, 0.25) is 0 Å². The van der Waals surface area contributed by atoms with Crippen LogP contribution in [0.5, 0.6) is 11.5 Å². The van der Waals surface area contributed by atoms with Crippen LogP contribution in [0.25, 0.3) is 0 Å². The maximum atomic E-state index is 5.92. The minimum Gasteiger partial charge on any atom is -0.496 e. The van der Waals surface area contributed by atoms with E-state index >= 15 is 0 Å². The van der Waals surface area contributed by atoms with Gasteiger partial charge in [0.1, 0.15) is 17.6 Å². The van der Waals surface area contributed by atoms with E-state index in [2.05, 4.69) is 53.5 Å². The largest absolute Gasteiger partial charge is 0.496 e. The monoisotopic (exact) mass is 382 g/mol. The van der Waals surface area contributed by atoms with Crippen LogP contribution in [0.15, 0.2) is 36.4 Å². The molecule has 1 saturated heterocycles. The molecule has 2 heterocycles. The summed E-state index contributed by atoms with van der Waals surface area (Å²) in [6.45, 7) is 8.35. The quantitative estimate of drug-likeness (QED) is 0.797. The summed E-state index contributed by atoms with van der Waals surface area (Å²) in [7, 11) is 1.74. The lowest BCUT2D eigenvalue weighted by Gasteiger charge is -2.27. The molecule has 0 bridgehead atoms. The molecule has 4 rings (SSSR count). The normalized spacial score (nSPS) is 19.3. The number of morpholine rings is 1. The van der Waals surface area contributed by atoms with Crippen LogP contribution >= 0.6 is 0 Å². The maximum Gasteiger partial charge on any atom is 0.123 e. The predicted molar refractivity (Wildman–Crippen MR) is 110 cm³/mol. The molecule has 0 amide bonds. The molecule has 2 aliphatic rings. The van der Waals surface area contributed by atoms with Gasteiger partial charge < -0.3 is 19.5 Å². The van der Waals surface area contributed by atoms with Gasteiger partial charge in [-0.1, -0.05) is 24.3 Å². The lowest BCUT2D eigenvalue weighted by molar-refractivity contribution is 0.0340. The highest BCUT2D eigenvalue weighted by molar-refractivity contribution is 5.48. The highest BCUT2D eigenvalue weighted by atomic mass is 16.5. The standard InChI is InChI=1S/C23H30N2O3/c1-17-11-20-12-22(26-2)21(13-23(20)28-17)15-24-14-18-5-3-4-6-19(18)16-25-7-9-27-10-8-25/h3-6,12-13,17,24H,7-11,14-16H2,1-2H3/t17-/m1/s1. The molecule has 150 valence electrons. The third kappa shape index (κ3) is 4.49. The molecule has 1 N–H and O–H groups in total. The van der Waals surface area contributed by atoms with Crippen LogP contribution in [0.4, 0.5) is 0 Å². The van der Waals surface area contributed by atoms with Crippen molar-refractivity contribution in [3.8, 4) is 11.5 Å². The predicted octanol–water partition coefficient (Wildman–Crippen LogP) is 3.14. The Morgan fingerprint density at radius 1 is 1.07 bits per heavy atom. The van der Waals surface area contributed by atoms with E-state index in [0.29, 0.717) is 0 Å². The van der Waals surface area contributed by atoms with Crippen molar-refractivity contribution < 1.29 is 14.2 Å². The lowest BCUT2D eigenvalue weighted by Crippen LogP contribution is -2.36. The van der Waals surface area contributed by atoms with Crippen molar-refractivity contribution in [1.82, 2.24) is 10.2 Å². The molecule has 0 spiro atoms. The van der Waals surface area contributed by atoms with Crippen molar-refractivity contribution >= 4 is 0 Å². The summed E-state index contributed by atoms with van der Waals surface area (Å²) in [5.41, 5.74) is 5.11. The van der Waals surface area contributed by atoms with Crippen LogP contribution < -0.4 is 14.8 Å². The first kappa shape index (κ1) is 19.2. The Hall–Kier alpha value is -2.08. The van der Waals surface area contributed by atoms with Gasteiger partial charge in [0.25, 0.3) is 0 Å². The van der Waals surface area contributed by atoms with Crippen molar-refractivity contribution in [2.45, 2.75) is 39.1 Å². The van der Waals surface area contributed by atoms with Gasteiger partial charge in [0.2, 0.25) is 0 Å². The Kier molecular flexibility index (Phi) is 6.15. The van der Waals surface area contributed by atoms with Crippen molar-refractivity contribution in [3.63, 3.8) is 0 Å². The third-order valence-corrected chi connectivity index (χ3v) is 5.55. The smallest absolute Gasteiger partial charge is 0.123 e. The number of hydrogen-bond donors (Lipinski definition) is 1. The lowest BCUT2D eigenvalue weighted by atomic mass is 10.1. The van der Waals surface area contributed by atoms with E-state index in [9.17, 15) is 0 Å². The average Bonchev–Trinajstić information content (AvgIpc) is 3.08. The SMILES string of the molecule is COc1cc2c(cc1CNCc1ccccc1CN1CCOCC1)O[C@H](C)C2. The van der Waals surface area contributed by atoms with E-state index in [-0.39, 0.29) is 6.10 Å². The summed E-state index contributed by atoms with van der Waals surface area (Å²) in [6, 6.07) is 12.9. The van der Waals surface area contributed by atoms with Crippen LogP contribution in [-0.4, -0.2) is 44.4 Å². The number of hydrogen-bond acceptors (Lipinski definition) is 5. The molecule has 1 atom stereocenters. The number of fused-ring (bicyclic) bond motifs is 1. The average molecular weight is 383 g/mol. The molecule has 2 aliphatic heterocycles. The summed E-state index contributed by atoms with van der Waals surface area (Å²) < 4.78 is 17.0. The molecule has 2 aromatic rings. The summed E-state index contributed by atoms with van der Waals surface area (Å²) in [6.07, 6.45) is 1.20. The molecule has 28 heavy (non-hydrogen) atoms. The van der Waals surface area contributed by atoms with E-state index in [0.717, 1.165) is 69.4 Å². The van der Waals surface area contributed by atoms with Gasteiger partial charge in [0.05, 0.1) is 20.3 Å². The van der Waals surface area contributed by atoms with Crippen LogP contribution in [0.3, 0.4) is 0 Å². The number of ether oxygens (including phenoxy) is 3. The molecule has 5 heteroatoms. The molecule has 2 aromatic carbocycles. The van der Waals surface area contributed by atoms with E-state index < -0.39 is 0 Å². The minimum absolute atomic E-state index is 0.245. The molecular weight excluding hydrogens is 352 g/mol. The van der Waals surface area contributed by atoms with Gasteiger partial charge in [0.15, 0.2) is 0 Å². The highest BCUT2D eigenvalue weighted by Gasteiger charge is 2.21. The Labute approximate surface area is 167 Å². The second-order valence-electron chi connectivity index (χ2n) is 7.67. The van der Waals surface area contributed by atoms with Gasteiger partial charge in [-0.05, 0) is 30.2 Å². The van der Waals surface area contributed by atoms with Gasteiger partial charge >= 0.3 is 0 Å². The zero-order valence-electron chi connectivity index (χ0n) is 16.9. The minimum atomic E-state index is 0.245. The Morgan fingerprint density at radius 2 is 1.82 bits per heavy atom. The number of nitrogens with zero attached hydrogens (tertiary/aromatic N) is 1. The summed E-state index contributed by atoms with van der Waals surface area (Å²) in [4.78, 5) is 2.46. The highest BCUT2D eigenvalue weighted by Crippen LogP contribution is 2.35. The van der Waals surface area contributed by atoms with Crippen molar-refractivity contribution in [1.29, 1.82) is 0 Å².